The number of hydrogen-bond acceptors (Lipinski definition) is 15. The molecule has 19 heteroatoms. The van der Waals surface area contributed by atoms with Crippen LogP contribution in [0.5, 0.6) is 0 Å². The Morgan fingerprint density at radius 1 is 0.267 bits per heavy atom. The third-order valence-corrected chi connectivity index (χ3v) is 21.0. The summed E-state index contributed by atoms with van der Waals surface area (Å²) in [6, 6.07) is 0. The number of aliphatic hydroxyl groups is 1. The molecule has 0 aromatic rings. The third-order valence-electron chi connectivity index (χ3n) is 19.1. The summed E-state index contributed by atoms with van der Waals surface area (Å²) in [4.78, 5) is 72.9. The van der Waals surface area contributed by atoms with Gasteiger partial charge < -0.3 is 33.8 Å². The van der Waals surface area contributed by atoms with Gasteiger partial charge in [0.15, 0.2) is 12.2 Å². The Morgan fingerprint density at radius 3 is 0.673 bits per heavy atom. The highest BCUT2D eigenvalue weighted by Gasteiger charge is 2.30. The van der Waals surface area contributed by atoms with Crippen molar-refractivity contribution < 1.29 is 80.2 Å². The van der Waals surface area contributed by atoms with Gasteiger partial charge in [-0.15, -0.1) is 0 Å². The molecule has 0 bridgehead atoms. The van der Waals surface area contributed by atoms with Crippen LogP contribution in [0.3, 0.4) is 0 Å². The largest absolute Gasteiger partial charge is 0.472 e. The van der Waals surface area contributed by atoms with Crippen LogP contribution in [-0.4, -0.2) is 96.7 Å². The van der Waals surface area contributed by atoms with Gasteiger partial charge in [-0.25, -0.2) is 9.13 Å². The van der Waals surface area contributed by atoms with E-state index in [9.17, 15) is 43.2 Å². The first kappa shape index (κ1) is 99.1. The fraction of sp³-hybridized carbons (Fsp3) is 0.951. The van der Waals surface area contributed by atoms with Gasteiger partial charge in [0.1, 0.15) is 19.3 Å². The fourth-order valence-corrected chi connectivity index (χ4v) is 14.2. The number of ether oxygens (including phenoxy) is 4. The highest BCUT2D eigenvalue weighted by atomic mass is 31.2. The zero-order chi connectivity index (χ0) is 74.4. The number of unbranched alkanes of at least 4 members (excludes halogenated alkanes) is 48. The summed E-state index contributed by atoms with van der Waals surface area (Å²) in [5.41, 5.74) is 0. The van der Waals surface area contributed by atoms with Crippen LogP contribution in [0, 0.1) is 17.8 Å². The molecule has 0 aliphatic carbocycles. The highest BCUT2D eigenvalue weighted by molar-refractivity contribution is 7.47. The normalized spacial score (nSPS) is 14.0. The number of rotatable bonds is 80. The quantitative estimate of drug-likeness (QED) is 0.0222. The van der Waals surface area contributed by atoms with E-state index in [-0.39, 0.29) is 25.7 Å². The molecule has 0 saturated heterocycles. The number of phosphoric acid groups is 2. The Morgan fingerprint density at radius 2 is 0.455 bits per heavy atom. The zero-order valence-corrected chi connectivity index (χ0v) is 68.2. The minimum absolute atomic E-state index is 0.103. The van der Waals surface area contributed by atoms with Gasteiger partial charge in [0.05, 0.1) is 26.4 Å². The minimum Gasteiger partial charge on any atom is -0.462 e. The predicted octanol–water partition coefficient (Wildman–Crippen LogP) is 24.5. The lowest BCUT2D eigenvalue weighted by Gasteiger charge is -2.21. The van der Waals surface area contributed by atoms with Crippen molar-refractivity contribution in [3.05, 3.63) is 0 Å². The van der Waals surface area contributed by atoms with E-state index in [2.05, 4.69) is 48.5 Å². The number of carbonyl (C=O) groups excluding carboxylic acids is 4. The first-order chi connectivity index (χ1) is 48.7. The van der Waals surface area contributed by atoms with E-state index in [0.29, 0.717) is 37.5 Å². The van der Waals surface area contributed by atoms with Crippen molar-refractivity contribution in [2.45, 2.75) is 446 Å². The van der Waals surface area contributed by atoms with Crippen molar-refractivity contribution in [3.63, 3.8) is 0 Å². The molecule has 101 heavy (non-hydrogen) atoms. The Balaban J connectivity index is 5.18. The Bertz CT molecular complexity index is 1960. The second-order valence-corrected chi connectivity index (χ2v) is 33.8. The summed E-state index contributed by atoms with van der Waals surface area (Å²) in [5, 5.41) is 10.6. The van der Waals surface area contributed by atoms with Gasteiger partial charge >= 0.3 is 39.5 Å². The van der Waals surface area contributed by atoms with Crippen molar-refractivity contribution in [1.29, 1.82) is 0 Å². The summed E-state index contributed by atoms with van der Waals surface area (Å²) < 4.78 is 68.6. The second kappa shape index (κ2) is 72.3. The molecule has 0 aromatic carbocycles. The van der Waals surface area contributed by atoms with Crippen LogP contribution in [0.15, 0.2) is 0 Å². The molecular formula is C82H160O17P2. The van der Waals surface area contributed by atoms with Gasteiger partial charge in [-0.3, -0.25) is 37.3 Å². The van der Waals surface area contributed by atoms with Crippen molar-refractivity contribution in [2.24, 2.45) is 17.8 Å². The van der Waals surface area contributed by atoms with E-state index in [0.717, 1.165) is 102 Å². The van der Waals surface area contributed by atoms with Crippen molar-refractivity contribution in [1.82, 2.24) is 0 Å². The van der Waals surface area contributed by atoms with Crippen LogP contribution in [0.25, 0.3) is 0 Å². The van der Waals surface area contributed by atoms with Crippen molar-refractivity contribution >= 4 is 39.5 Å². The summed E-state index contributed by atoms with van der Waals surface area (Å²) in [6.07, 6.45) is 61.5. The molecule has 0 aliphatic rings. The number of phosphoric ester groups is 2. The van der Waals surface area contributed by atoms with E-state index in [1.807, 2.05) is 0 Å². The number of hydrogen-bond donors (Lipinski definition) is 3. The highest BCUT2D eigenvalue weighted by Crippen LogP contribution is 2.45. The van der Waals surface area contributed by atoms with Gasteiger partial charge in [-0.1, -0.05) is 376 Å². The maximum atomic E-state index is 13.1. The fourth-order valence-electron chi connectivity index (χ4n) is 12.7. The molecule has 0 amide bonds. The summed E-state index contributed by atoms with van der Waals surface area (Å²) >= 11 is 0. The number of carbonyl (C=O) groups is 4. The second-order valence-electron chi connectivity index (χ2n) is 30.9. The number of esters is 4. The van der Waals surface area contributed by atoms with Crippen LogP contribution in [-0.2, 0) is 65.4 Å². The first-order valence-corrected chi connectivity index (χ1v) is 45.3. The topological polar surface area (TPSA) is 237 Å². The zero-order valence-electron chi connectivity index (χ0n) is 66.4. The maximum absolute atomic E-state index is 13.1. The van der Waals surface area contributed by atoms with Gasteiger partial charge in [-0.2, -0.15) is 0 Å². The lowest BCUT2D eigenvalue weighted by Crippen LogP contribution is -2.30. The molecule has 0 rings (SSSR count). The van der Waals surface area contributed by atoms with Gasteiger partial charge in [0.25, 0.3) is 0 Å². The third kappa shape index (κ3) is 76.1. The lowest BCUT2D eigenvalue weighted by molar-refractivity contribution is -0.161. The molecule has 3 N–H and O–H groups in total. The van der Waals surface area contributed by atoms with E-state index < -0.39 is 97.5 Å². The Kier molecular flexibility index (Phi) is 70.9. The van der Waals surface area contributed by atoms with Crippen LogP contribution in [0.4, 0.5) is 0 Å². The minimum atomic E-state index is -4.96. The van der Waals surface area contributed by atoms with E-state index in [1.54, 1.807) is 0 Å². The van der Waals surface area contributed by atoms with E-state index in [1.165, 1.54) is 231 Å². The molecule has 0 radical (unpaired) electrons. The summed E-state index contributed by atoms with van der Waals surface area (Å²) in [5.74, 6) is 0.0973. The van der Waals surface area contributed by atoms with E-state index >= 15 is 0 Å². The van der Waals surface area contributed by atoms with Crippen LogP contribution < -0.4 is 0 Å². The smallest absolute Gasteiger partial charge is 0.462 e. The SMILES string of the molecule is CCCCCCCCCCCCCCCCCCCCCCCCC(=O)O[C@H](COC(=O)CCCCCCCCCCCCCCCCCCC(C)C)COP(=O)(O)OC[C@@H](O)COP(=O)(O)OC[C@@H](COC(=O)CCCCCCCCCC(C)C)OC(=O)CCCCCCCCCC(C)C. The molecule has 0 saturated carbocycles. The molecular weight excluding hydrogens is 1320 g/mol. The molecule has 600 valence electrons. The molecule has 17 nitrogen and oxygen atoms in total. The Hall–Kier alpha value is -1.94. The summed E-state index contributed by atoms with van der Waals surface area (Å²) in [7, 11) is -9.92. The average Bonchev–Trinajstić information content (AvgIpc) is 0.932. The molecule has 0 fully saturated rings. The van der Waals surface area contributed by atoms with E-state index in [4.69, 9.17) is 37.0 Å². The Labute approximate surface area is 619 Å². The first-order valence-electron chi connectivity index (χ1n) is 42.3. The lowest BCUT2D eigenvalue weighted by atomic mass is 10.0. The van der Waals surface area contributed by atoms with Crippen molar-refractivity contribution in [2.75, 3.05) is 39.6 Å². The van der Waals surface area contributed by atoms with Gasteiger partial charge in [0, 0.05) is 25.7 Å². The monoisotopic (exact) mass is 1480 g/mol. The van der Waals surface area contributed by atoms with Crippen molar-refractivity contribution in [3.8, 4) is 0 Å². The molecule has 0 aliphatic heterocycles. The molecule has 5 atom stereocenters. The maximum Gasteiger partial charge on any atom is 0.472 e. The molecule has 0 aromatic heterocycles. The average molecular weight is 1480 g/mol. The molecule has 2 unspecified atom stereocenters. The molecule has 0 heterocycles. The van der Waals surface area contributed by atoms with Gasteiger partial charge in [-0.05, 0) is 43.4 Å². The standard InChI is InChI=1S/C82H160O17P2/c1-8-9-10-11-12-13-14-15-16-17-18-19-20-21-22-27-30-33-36-43-51-58-65-81(86)98-77(69-92-79(84)63-56-49-42-35-32-29-26-24-23-25-28-31-34-39-46-53-60-73(2)3)71-96-100(88,89)94-67-76(83)68-95-101(90,91)97-72-78(99-82(87)66-59-52-45-38-41-48-55-62-75(6)7)70-93-80(85)64-57-50-44-37-40-47-54-61-74(4)5/h73-78,83H,8-72H2,1-7H3,(H,88,89)(H,90,91)/t76-,77-,78-/m1/s1. The summed E-state index contributed by atoms with van der Waals surface area (Å²) in [6.45, 7) is 11.8. The van der Waals surface area contributed by atoms with Crippen LogP contribution >= 0.6 is 15.6 Å². The number of aliphatic hydroxyl groups excluding tert-OH is 1. The van der Waals surface area contributed by atoms with Gasteiger partial charge in [0.2, 0.25) is 0 Å². The molecule has 0 spiro atoms. The predicted molar refractivity (Wildman–Crippen MR) is 414 cm³/mol. The van der Waals surface area contributed by atoms with Crippen LogP contribution in [0.1, 0.15) is 427 Å². The van der Waals surface area contributed by atoms with Crippen LogP contribution in [0.2, 0.25) is 0 Å².